The molecule has 0 aromatic heterocycles. The highest BCUT2D eigenvalue weighted by molar-refractivity contribution is 6.37. The maximum absolute atomic E-state index is 14.9. The number of ketones is 1. The van der Waals surface area contributed by atoms with E-state index in [2.05, 4.69) is 35.1 Å². The smallest absolute Gasteiger partial charge is 0.407 e. The lowest BCUT2D eigenvalue weighted by molar-refractivity contribution is -0.145. The first-order valence-corrected chi connectivity index (χ1v) is 18.7. The molecule has 52 heavy (non-hydrogen) atoms. The van der Waals surface area contributed by atoms with E-state index in [1.54, 1.807) is 4.90 Å². The average molecular weight is 723 g/mol. The third-order valence-corrected chi connectivity index (χ3v) is 11.3. The summed E-state index contributed by atoms with van der Waals surface area (Å²) in [5.41, 5.74) is 6.32. The molecule has 1 aliphatic heterocycles. The highest BCUT2D eigenvalue weighted by atomic mass is 16.5. The first-order valence-electron chi connectivity index (χ1n) is 18.7. The fourth-order valence-electron chi connectivity index (χ4n) is 8.46. The van der Waals surface area contributed by atoms with Gasteiger partial charge in [-0.3, -0.25) is 19.2 Å². The van der Waals surface area contributed by atoms with Crippen molar-refractivity contribution in [1.29, 1.82) is 0 Å². The third-order valence-electron chi connectivity index (χ3n) is 11.3. The summed E-state index contributed by atoms with van der Waals surface area (Å²) in [4.78, 5) is 81.8. The molecule has 6 N–H and O–H groups in total. The van der Waals surface area contributed by atoms with Gasteiger partial charge < -0.3 is 36.6 Å². The van der Waals surface area contributed by atoms with Crippen LogP contribution < -0.4 is 27.0 Å². The van der Waals surface area contributed by atoms with Crippen LogP contribution in [0.3, 0.4) is 0 Å². The number of amides is 6. The number of Topliss-reactive ketones (excluding diaryl/α,β-unsaturated/α-hetero) is 1. The summed E-state index contributed by atoms with van der Waals surface area (Å²) in [6.45, 7) is 15.7. The zero-order valence-electron chi connectivity index (χ0n) is 32.0. The number of rotatable bonds is 12. The Morgan fingerprint density at radius 3 is 2.08 bits per heavy atom. The number of primary amides is 1. The number of hydrogen-bond donors (Lipinski definition) is 5. The Kier molecular flexibility index (Phi) is 11.0. The summed E-state index contributed by atoms with van der Waals surface area (Å²) < 4.78 is 5.50. The molecule has 6 atom stereocenters. The number of hydrogen-bond acceptors (Lipinski definition) is 7. The van der Waals surface area contributed by atoms with Gasteiger partial charge in [-0.2, -0.15) is 0 Å². The van der Waals surface area contributed by atoms with E-state index < -0.39 is 64.8 Å². The Morgan fingerprint density at radius 2 is 1.56 bits per heavy atom. The molecule has 5 rings (SSSR count). The molecule has 0 bridgehead atoms. The summed E-state index contributed by atoms with van der Waals surface area (Å²) in [6.07, 6.45) is 3.49. The van der Waals surface area contributed by atoms with E-state index in [9.17, 15) is 28.8 Å². The van der Waals surface area contributed by atoms with Crippen molar-refractivity contribution >= 4 is 35.6 Å². The Labute approximate surface area is 307 Å². The van der Waals surface area contributed by atoms with Gasteiger partial charge in [0.2, 0.25) is 17.6 Å². The number of benzene rings is 1. The first-order chi connectivity index (χ1) is 24.1. The van der Waals surface area contributed by atoms with Crippen molar-refractivity contribution in [2.75, 3.05) is 13.2 Å². The third kappa shape index (κ3) is 9.06. The molecule has 1 saturated heterocycles. The van der Waals surface area contributed by atoms with Crippen LogP contribution >= 0.6 is 0 Å². The molecule has 286 valence electrons. The van der Waals surface area contributed by atoms with Gasteiger partial charge in [0.1, 0.15) is 18.7 Å². The van der Waals surface area contributed by atoms with E-state index in [0.29, 0.717) is 25.8 Å². The van der Waals surface area contributed by atoms with Gasteiger partial charge in [-0.1, -0.05) is 71.7 Å². The van der Waals surface area contributed by atoms with Crippen LogP contribution in [0.25, 0.3) is 0 Å². The van der Waals surface area contributed by atoms with Gasteiger partial charge in [0.15, 0.2) is 0 Å². The number of nitrogens with two attached hydrogens (primary N) is 1. The maximum Gasteiger partial charge on any atom is 0.407 e. The molecule has 3 fully saturated rings. The van der Waals surface area contributed by atoms with Crippen molar-refractivity contribution in [3.8, 4) is 0 Å². The quantitative estimate of drug-likeness (QED) is 0.205. The van der Waals surface area contributed by atoms with Gasteiger partial charge >= 0.3 is 12.1 Å². The number of alkyl carbamates (subject to hydrolysis) is 1. The number of urea groups is 1. The normalized spacial score (nSPS) is 23.9. The molecule has 1 heterocycles. The number of nitrogens with one attached hydrogen (secondary N) is 4. The molecule has 13 nitrogen and oxygen atoms in total. The molecule has 0 radical (unpaired) electrons. The molecule has 4 aliphatic rings. The zero-order valence-corrected chi connectivity index (χ0v) is 32.0. The van der Waals surface area contributed by atoms with E-state index in [4.69, 9.17) is 10.5 Å². The minimum atomic E-state index is -1.10. The highest BCUT2D eigenvalue weighted by Gasteiger charge is 2.61. The number of likely N-dealkylation sites (tertiary alicyclic amines) is 1. The molecule has 1 aromatic rings. The Bertz CT molecular complexity index is 1550. The molecule has 6 amide bonds. The second kappa shape index (κ2) is 14.7. The van der Waals surface area contributed by atoms with Crippen LogP contribution in [0.1, 0.15) is 92.2 Å². The topological polar surface area (TPSA) is 189 Å². The van der Waals surface area contributed by atoms with Crippen LogP contribution in [0.2, 0.25) is 0 Å². The van der Waals surface area contributed by atoms with Crippen molar-refractivity contribution in [3.63, 3.8) is 0 Å². The van der Waals surface area contributed by atoms with Crippen molar-refractivity contribution < 1.29 is 33.5 Å². The van der Waals surface area contributed by atoms with Gasteiger partial charge in [-0.15, -0.1) is 0 Å². The lowest BCUT2D eigenvalue weighted by Gasteiger charge is -2.49. The summed E-state index contributed by atoms with van der Waals surface area (Å²) in [7, 11) is 0. The van der Waals surface area contributed by atoms with Gasteiger partial charge in [0.05, 0.1) is 12.1 Å². The van der Waals surface area contributed by atoms with Gasteiger partial charge in [-0.05, 0) is 92.1 Å². The van der Waals surface area contributed by atoms with Crippen LogP contribution in [0, 0.1) is 34.5 Å². The number of carbonyl (C=O) groups excluding carboxylic acids is 6. The molecule has 0 spiro atoms. The molecular weight excluding hydrogens is 664 g/mol. The summed E-state index contributed by atoms with van der Waals surface area (Å²) >= 11 is 0. The number of ether oxygens (including phenoxy) is 1. The Balaban J connectivity index is 1.39. The Hall–Kier alpha value is -4.16. The van der Waals surface area contributed by atoms with Crippen LogP contribution in [0.5, 0.6) is 0 Å². The van der Waals surface area contributed by atoms with E-state index in [0.717, 1.165) is 30.4 Å². The number of carbonyl (C=O) groups is 6. The minimum absolute atomic E-state index is 0.0698. The van der Waals surface area contributed by atoms with Crippen molar-refractivity contribution in [1.82, 2.24) is 26.2 Å². The van der Waals surface area contributed by atoms with E-state index in [1.807, 2.05) is 65.8 Å². The standard InChI is InChI=1S/C39H58N6O7/c1-37(2,3)27(20-52-36(51)44-38(4,5)6)42-35(50)43-29(24-16-22-11-9-10-12-23(22)17-24)34(49)45-19-25-18-39(7,8)28(25)30(45)33(48)41-26(15-21-13-14-21)31(46)32(40)47/h9-12,21,24-30H,13-20H2,1-8H3,(H2,40,47)(H,41,48)(H,44,51)(H2,42,43,50). The Morgan fingerprint density at radius 1 is 0.942 bits per heavy atom. The predicted molar refractivity (Wildman–Crippen MR) is 195 cm³/mol. The molecule has 13 heteroatoms. The van der Waals surface area contributed by atoms with Crippen molar-refractivity contribution in [2.45, 2.75) is 124 Å². The lowest BCUT2D eigenvalue weighted by Crippen LogP contribution is -2.62. The van der Waals surface area contributed by atoms with Gasteiger partial charge in [0.25, 0.3) is 5.91 Å². The second-order valence-corrected chi connectivity index (χ2v) is 18.3. The predicted octanol–water partition coefficient (Wildman–Crippen LogP) is 3.22. The van der Waals surface area contributed by atoms with Crippen LogP contribution in [-0.4, -0.2) is 83.4 Å². The van der Waals surface area contributed by atoms with Gasteiger partial charge in [-0.25, -0.2) is 9.59 Å². The molecular formula is C39H58N6O7. The van der Waals surface area contributed by atoms with E-state index in [1.165, 1.54) is 0 Å². The fourth-order valence-corrected chi connectivity index (χ4v) is 8.46. The summed E-state index contributed by atoms with van der Waals surface area (Å²) in [5, 5.41) is 11.5. The monoisotopic (exact) mass is 722 g/mol. The van der Waals surface area contributed by atoms with Crippen molar-refractivity contribution in [2.24, 2.45) is 40.2 Å². The van der Waals surface area contributed by atoms with Crippen LogP contribution in [0.15, 0.2) is 24.3 Å². The zero-order chi connectivity index (χ0) is 38.3. The number of fused-ring (bicyclic) bond motifs is 2. The SMILES string of the molecule is CC(C)(C)NC(=O)OCC(NC(=O)NC(C(=O)N1CC2CC(C)(C)C2C1C(=O)NC(CC1CC1)C(=O)C(N)=O)C1Cc2ccccc2C1)C(C)(C)C. The maximum atomic E-state index is 14.9. The summed E-state index contributed by atoms with van der Waals surface area (Å²) in [5.74, 6) is -2.94. The minimum Gasteiger partial charge on any atom is -0.447 e. The van der Waals surface area contributed by atoms with E-state index >= 15 is 0 Å². The fraction of sp³-hybridized carbons (Fsp3) is 0.692. The molecule has 6 unspecified atom stereocenters. The molecule has 3 aliphatic carbocycles. The molecule has 2 saturated carbocycles. The lowest BCUT2D eigenvalue weighted by atomic mass is 9.55. The largest absolute Gasteiger partial charge is 0.447 e. The highest BCUT2D eigenvalue weighted by Crippen LogP contribution is 2.57. The number of nitrogens with zero attached hydrogens (tertiary/aromatic N) is 1. The van der Waals surface area contributed by atoms with Crippen LogP contribution in [-0.2, 0) is 36.8 Å². The molecule has 1 aromatic carbocycles. The second-order valence-electron chi connectivity index (χ2n) is 18.3. The van der Waals surface area contributed by atoms with Gasteiger partial charge in [0, 0.05) is 12.1 Å². The van der Waals surface area contributed by atoms with Crippen LogP contribution in [0.4, 0.5) is 9.59 Å². The first kappa shape index (κ1) is 39.1. The summed E-state index contributed by atoms with van der Waals surface area (Å²) in [6, 6.07) is 3.84. The average Bonchev–Trinajstić information content (AvgIpc) is 3.63. The van der Waals surface area contributed by atoms with Crippen molar-refractivity contribution in [3.05, 3.63) is 35.4 Å². The van der Waals surface area contributed by atoms with E-state index in [-0.39, 0.29) is 41.6 Å².